The van der Waals surface area contributed by atoms with Gasteiger partial charge in [0.25, 0.3) is 0 Å². The highest BCUT2D eigenvalue weighted by molar-refractivity contribution is 5.27. The molecule has 1 aromatic carbocycles. The molecule has 1 unspecified atom stereocenters. The third-order valence-electron chi connectivity index (χ3n) is 3.50. The van der Waals surface area contributed by atoms with Gasteiger partial charge in [-0.3, -0.25) is 0 Å². The Morgan fingerprint density at radius 3 is 2.45 bits per heavy atom. The summed E-state index contributed by atoms with van der Waals surface area (Å²) in [5.41, 5.74) is 1.13. The van der Waals surface area contributed by atoms with Crippen molar-refractivity contribution in [2.75, 3.05) is 13.2 Å². The molecule has 20 heavy (non-hydrogen) atoms. The van der Waals surface area contributed by atoms with Crippen LogP contribution in [0.1, 0.15) is 32.3 Å². The second kappa shape index (κ2) is 9.35. The van der Waals surface area contributed by atoms with E-state index in [0.717, 1.165) is 24.9 Å². The van der Waals surface area contributed by atoms with Gasteiger partial charge in [0, 0.05) is 13.1 Å². The number of hydrogen-bond acceptors (Lipinski definition) is 4. The van der Waals surface area contributed by atoms with Crippen LogP contribution in [0.2, 0.25) is 0 Å². The molecule has 0 aliphatic heterocycles. The molecule has 0 saturated carbocycles. The van der Waals surface area contributed by atoms with Crippen molar-refractivity contribution in [2.24, 2.45) is 5.92 Å². The summed E-state index contributed by atoms with van der Waals surface area (Å²) in [5.74, 6) is 1.07. The molecule has 0 spiro atoms. The van der Waals surface area contributed by atoms with Crippen LogP contribution in [-0.2, 0) is 6.54 Å². The molecule has 0 aromatic heterocycles. The first-order chi connectivity index (χ1) is 9.71. The highest BCUT2D eigenvalue weighted by Crippen LogP contribution is 2.13. The Labute approximate surface area is 121 Å². The molecule has 0 aliphatic carbocycles. The van der Waals surface area contributed by atoms with Gasteiger partial charge in [-0.2, -0.15) is 5.26 Å². The van der Waals surface area contributed by atoms with Gasteiger partial charge in [-0.25, -0.2) is 0 Å². The molecule has 110 valence electrons. The van der Waals surface area contributed by atoms with Gasteiger partial charge in [-0.15, -0.1) is 0 Å². The van der Waals surface area contributed by atoms with E-state index in [1.807, 2.05) is 30.3 Å². The highest BCUT2D eigenvalue weighted by Gasteiger charge is 2.14. The predicted molar refractivity (Wildman–Crippen MR) is 79.3 cm³/mol. The lowest BCUT2D eigenvalue weighted by Gasteiger charge is -2.20. The zero-order valence-electron chi connectivity index (χ0n) is 12.3. The topological polar surface area (TPSA) is 65.3 Å². The molecule has 1 atom stereocenters. The molecule has 4 heteroatoms. The molecular formula is C16H24N2O2. The van der Waals surface area contributed by atoms with E-state index in [2.05, 4.69) is 19.2 Å². The first kappa shape index (κ1) is 16.5. The number of aliphatic hydroxyl groups is 1. The van der Waals surface area contributed by atoms with Gasteiger partial charge in [0.2, 0.25) is 0 Å². The summed E-state index contributed by atoms with van der Waals surface area (Å²) < 4.78 is 5.19. The van der Waals surface area contributed by atoms with E-state index < -0.39 is 0 Å². The largest absolute Gasteiger partial charge is 0.479 e. The Bertz CT molecular complexity index is 407. The molecule has 0 aliphatic rings. The fourth-order valence-corrected chi connectivity index (χ4v) is 2.18. The van der Waals surface area contributed by atoms with Crippen molar-refractivity contribution >= 4 is 0 Å². The van der Waals surface area contributed by atoms with Crippen LogP contribution in [0.4, 0.5) is 0 Å². The van der Waals surface area contributed by atoms with Crippen LogP contribution >= 0.6 is 0 Å². The van der Waals surface area contributed by atoms with Gasteiger partial charge >= 0.3 is 0 Å². The minimum atomic E-state index is -0.289. The van der Waals surface area contributed by atoms with Crippen LogP contribution in [-0.4, -0.2) is 24.4 Å². The standard InChI is InChI=1S/C16H24N2O2/c1-3-14(4-2)16(19)12-18-11-13-5-7-15(8-6-13)20-10-9-17/h5-8,14,16,18-19H,3-4,10-12H2,1-2H3. The zero-order chi connectivity index (χ0) is 14.8. The van der Waals surface area contributed by atoms with E-state index in [0.29, 0.717) is 18.2 Å². The molecule has 0 radical (unpaired) electrons. The average Bonchev–Trinajstić information content (AvgIpc) is 2.47. The Morgan fingerprint density at radius 2 is 1.90 bits per heavy atom. The SMILES string of the molecule is CCC(CC)C(O)CNCc1ccc(OCC#N)cc1. The summed E-state index contributed by atoms with van der Waals surface area (Å²) in [7, 11) is 0. The molecule has 0 amide bonds. The van der Waals surface area contributed by atoms with Gasteiger partial charge in [0.15, 0.2) is 6.61 Å². The summed E-state index contributed by atoms with van der Waals surface area (Å²) in [6.45, 7) is 5.61. The summed E-state index contributed by atoms with van der Waals surface area (Å²) >= 11 is 0. The maximum atomic E-state index is 10.0. The first-order valence-corrected chi connectivity index (χ1v) is 7.18. The maximum Gasteiger partial charge on any atom is 0.174 e. The van der Waals surface area contributed by atoms with Crippen molar-refractivity contribution in [1.82, 2.24) is 5.32 Å². The molecule has 0 fully saturated rings. The van der Waals surface area contributed by atoms with Crippen molar-refractivity contribution in [3.8, 4) is 11.8 Å². The highest BCUT2D eigenvalue weighted by atomic mass is 16.5. The van der Waals surface area contributed by atoms with E-state index in [4.69, 9.17) is 10.00 Å². The van der Waals surface area contributed by atoms with Crippen LogP contribution in [0.25, 0.3) is 0 Å². The monoisotopic (exact) mass is 276 g/mol. The molecule has 0 bridgehead atoms. The van der Waals surface area contributed by atoms with E-state index in [-0.39, 0.29) is 12.7 Å². The number of rotatable bonds is 9. The lowest BCUT2D eigenvalue weighted by atomic mass is 9.96. The molecule has 1 aromatic rings. The number of nitriles is 1. The van der Waals surface area contributed by atoms with E-state index in [1.54, 1.807) is 0 Å². The number of nitrogens with zero attached hydrogens (tertiary/aromatic N) is 1. The Hall–Kier alpha value is -1.57. The molecule has 4 nitrogen and oxygen atoms in total. The third kappa shape index (κ3) is 5.60. The van der Waals surface area contributed by atoms with E-state index in [9.17, 15) is 5.11 Å². The molecule has 1 rings (SSSR count). The fraction of sp³-hybridized carbons (Fsp3) is 0.562. The lowest BCUT2D eigenvalue weighted by Crippen LogP contribution is -2.32. The molecule has 2 N–H and O–H groups in total. The summed E-state index contributed by atoms with van der Waals surface area (Å²) in [6, 6.07) is 9.57. The fourth-order valence-electron chi connectivity index (χ4n) is 2.18. The minimum absolute atomic E-state index is 0.0687. The summed E-state index contributed by atoms with van der Waals surface area (Å²) in [4.78, 5) is 0. The van der Waals surface area contributed by atoms with E-state index >= 15 is 0 Å². The number of benzene rings is 1. The van der Waals surface area contributed by atoms with Gasteiger partial charge in [0.05, 0.1) is 6.10 Å². The van der Waals surface area contributed by atoms with Crippen molar-refractivity contribution < 1.29 is 9.84 Å². The van der Waals surface area contributed by atoms with Gasteiger partial charge in [-0.1, -0.05) is 38.8 Å². The van der Waals surface area contributed by atoms with Crippen LogP contribution in [0.3, 0.4) is 0 Å². The predicted octanol–water partition coefficient (Wildman–Crippen LogP) is 2.48. The molecular weight excluding hydrogens is 252 g/mol. The Kier molecular flexibility index (Phi) is 7.71. The van der Waals surface area contributed by atoms with Crippen molar-refractivity contribution in [2.45, 2.75) is 39.3 Å². The van der Waals surface area contributed by atoms with Crippen molar-refractivity contribution in [3.05, 3.63) is 29.8 Å². The number of hydrogen-bond donors (Lipinski definition) is 2. The number of aliphatic hydroxyl groups excluding tert-OH is 1. The van der Waals surface area contributed by atoms with Crippen molar-refractivity contribution in [3.63, 3.8) is 0 Å². The van der Waals surface area contributed by atoms with Gasteiger partial charge < -0.3 is 15.2 Å². The van der Waals surface area contributed by atoms with Gasteiger partial charge in [0.1, 0.15) is 11.8 Å². The maximum absolute atomic E-state index is 10.0. The quantitative estimate of drug-likeness (QED) is 0.727. The number of ether oxygens (including phenoxy) is 1. The second-order valence-corrected chi connectivity index (χ2v) is 4.87. The lowest BCUT2D eigenvalue weighted by molar-refractivity contribution is 0.101. The van der Waals surface area contributed by atoms with Gasteiger partial charge in [-0.05, 0) is 23.6 Å². The van der Waals surface area contributed by atoms with Crippen molar-refractivity contribution in [1.29, 1.82) is 5.26 Å². The minimum Gasteiger partial charge on any atom is -0.479 e. The van der Waals surface area contributed by atoms with E-state index in [1.165, 1.54) is 0 Å². The Balaban J connectivity index is 2.33. The van der Waals surface area contributed by atoms with Crippen LogP contribution < -0.4 is 10.1 Å². The average molecular weight is 276 g/mol. The number of nitrogens with one attached hydrogen (secondary N) is 1. The molecule has 0 saturated heterocycles. The summed E-state index contributed by atoms with van der Waals surface area (Å²) in [5, 5.41) is 21.7. The van der Waals surface area contributed by atoms with Crippen LogP contribution in [0, 0.1) is 17.2 Å². The third-order valence-corrected chi connectivity index (χ3v) is 3.50. The normalized spacial score (nSPS) is 12.2. The van der Waals surface area contributed by atoms with Crippen LogP contribution in [0.5, 0.6) is 5.75 Å². The summed E-state index contributed by atoms with van der Waals surface area (Å²) in [6.07, 6.45) is 1.72. The smallest absolute Gasteiger partial charge is 0.174 e. The second-order valence-electron chi connectivity index (χ2n) is 4.87. The first-order valence-electron chi connectivity index (χ1n) is 7.18. The molecule has 0 heterocycles. The van der Waals surface area contributed by atoms with Crippen LogP contribution in [0.15, 0.2) is 24.3 Å². The zero-order valence-corrected chi connectivity index (χ0v) is 12.3. The Morgan fingerprint density at radius 1 is 1.25 bits per heavy atom.